The molecule has 1 aliphatic carbocycles. The van der Waals surface area contributed by atoms with Gasteiger partial charge in [0.15, 0.2) is 12.3 Å². The number of benzene rings is 4. The average Bonchev–Trinajstić information content (AvgIpc) is 3.58. The van der Waals surface area contributed by atoms with Gasteiger partial charge in [-0.1, -0.05) is 96.3 Å². The van der Waals surface area contributed by atoms with Crippen molar-refractivity contribution < 1.29 is 14.5 Å². The van der Waals surface area contributed by atoms with Crippen molar-refractivity contribution in [3.63, 3.8) is 0 Å². The van der Waals surface area contributed by atoms with Crippen molar-refractivity contribution in [1.29, 1.82) is 0 Å². The molecule has 7 heteroatoms. The third-order valence-electron chi connectivity index (χ3n) is 8.22. The van der Waals surface area contributed by atoms with Gasteiger partial charge in [0.1, 0.15) is 10.5 Å². The standard InChI is InChI=1S/C38H34N3O2S2/c1-2-39-31-17-9-10-18-32(31)40(21-22-42)35(39)23-29-37(43)30(38(29)44-26-28-15-7-4-8-16-28)24-36-41(25-27-13-5-3-6-14-27)33-19-11-12-20-34(33)45-36/h3-20,23-24,42H,2,21-22,25-26H2,1H3/q+1. The van der Waals surface area contributed by atoms with Crippen molar-refractivity contribution in [3.05, 3.63) is 153 Å². The van der Waals surface area contributed by atoms with Crippen LogP contribution < -0.4 is 14.4 Å². The van der Waals surface area contributed by atoms with E-state index in [4.69, 9.17) is 0 Å². The molecule has 0 unspecified atom stereocenters. The number of hydrogen-bond donors (Lipinski definition) is 1. The molecule has 7 rings (SSSR count). The molecule has 5 nitrogen and oxygen atoms in total. The number of aromatic nitrogens is 1. The van der Waals surface area contributed by atoms with E-state index < -0.39 is 0 Å². The molecule has 2 heterocycles. The van der Waals surface area contributed by atoms with Crippen LogP contribution >= 0.6 is 23.1 Å². The van der Waals surface area contributed by atoms with Crippen molar-refractivity contribution in [2.75, 3.05) is 29.5 Å². The number of anilines is 2. The molecule has 5 aromatic rings. The van der Waals surface area contributed by atoms with Crippen LogP contribution in [0.25, 0.3) is 16.3 Å². The Morgan fingerprint density at radius 2 is 1.44 bits per heavy atom. The van der Waals surface area contributed by atoms with E-state index in [0.29, 0.717) is 6.54 Å². The number of thioether (sulfide) groups is 1. The smallest absolute Gasteiger partial charge is 0.263 e. The summed E-state index contributed by atoms with van der Waals surface area (Å²) < 4.78 is 3.51. The van der Waals surface area contributed by atoms with Crippen molar-refractivity contribution in [1.82, 2.24) is 0 Å². The summed E-state index contributed by atoms with van der Waals surface area (Å²) in [5.74, 6) is 1.74. The molecular weight excluding hydrogens is 595 g/mol. The Morgan fingerprint density at radius 3 is 2.16 bits per heavy atom. The highest BCUT2D eigenvalue weighted by Gasteiger charge is 2.37. The van der Waals surface area contributed by atoms with E-state index in [1.165, 1.54) is 15.8 Å². The summed E-state index contributed by atoms with van der Waals surface area (Å²) in [5, 5.41) is 11.0. The summed E-state index contributed by atoms with van der Waals surface area (Å²) in [6.07, 6.45) is 4.13. The number of aliphatic hydroxyl groups excluding tert-OH is 1. The van der Waals surface area contributed by atoms with Gasteiger partial charge >= 0.3 is 0 Å². The Balaban J connectivity index is 1.33. The summed E-state index contributed by atoms with van der Waals surface area (Å²) >= 11 is 3.44. The topological polar surface area (TPSA) is 47.7 Å². The zero-order valence-electron chi connectivity index (χ0n) is 25.1. The number of thiazole rings is 1. The fraction of sp³-hybridized carbons (Fsp3) is 0.158. The van der Waals surface area contributed by atoms with E-state index in [-0.39, 0.29) is 12.4 Å². The zero-order valence-corrected chi connectivity index (χ0v) is 26.7. The van der Waals surface area contributed by atoms with Crippen molar-refractivity contribution in [3.8, 4) is 0 Å². The first kappa shape index (κ1) is 29.3. The molecule has 0 radical (unpaired) electrons. The van der Waals surface area contributed by atoms with Gasteiger partial charge in [0.2, 0.25) is 5.52 Å². The Bertz CT molecular complexity index is 1960. The van der Waals surface area contributed by atoms with E-state index >= 15 is 0 Å². The van der Waals surface area contributed by atoms with Gasteiger partial charge in [0.25, 0.3) is 5.01 Å². The van der Waals surface area contributed by atoms with E-state index in [0.717, 1.165) is 62.6 Å². The quantitative estimate of drug-likeness (QED) is 0.128. The third kappa shape index (κ3) is 5.63. The molecule has 2 aliphatic rings. The van der Waals surface area contributed by atoms with E-state index in [1.54, 1.807) is 23.1 Å². The van der Waals surface area contributed by atoms with Crippen LogP contribution in [0.3, 0.4) is 0 Å². The molecule has 224 valence electrons. The maximum atomic E-state index is 14.1. The van der Waals surface area contributed by atoms with Gasteiger partial charge in [-0.3, -0.25) is 4.79 Å². The van der Waals surface area contributed by atoms with Gasteiger partial charge in [-0.15, -0.1) is 11.8 Å². The van der Waals surface area contributed by atoms with Gasteiger partial charge < -0.3 is 14.9 Å². The molecule has 0 saturated heterocycles. The maximum absolute atomic E-state index is 14.1. The fourth-order valence-electron chi connectivity index (χ4n) is 6.06. The molecule has 45 heavy (non-hydrogen) atoms. The molecule has 0 amide bonds. The minimum atomic E-state index is 0.0182. The lowest BCUT2D eigenvalue weighted by atomic mass is 9.89. The summed E-state index contributed by atoms with van der Waals surface area (Å²) in [7, 11) is 0. The lowest BCUT2D eigenvalue weighted by Gasteiger charge is -2.28. The van der Waals surface area contributed by atoms with Gasteiger partial charge in [0, 0.05) is 52.6 Å². The van der Waals surface area contributed by atoms with Gasteiger partial charge in [-0.05, 0) is 36.8 Å². The number of fused-ring (bicyclic) bond motifs is 2. The second kappa shape index (κ2) is 12.9. The number of carbonyl (C=O) groups excluding carboxylic acids is 1. The van der Waals surface area contributed by atoms with Gasteiger partial charge in [-0.2, -0.15) is 4.57 Å². The molecule has 1 N–H and O–H groups in total. The van der Waals surface area contributed by atoms with Crippen LogP contribution in [-0.4, -0.2) is 30.6 Å². The van der Waals surface area contributed by atoms with E-state index in [1.807, 2.05) is 30.3 Å². The first-order valence-electron chi connectivity index (χ1n) is 15.3. The van der Waals surface area contributed by atoms with Crippen molar-refractivity contribution in [2.45, 2.75) is 19.2 Å². The Hall–Kier alpha value is -4.43. The van der Waals surface area contributed by atoms with Gasteiger partial charge in [0.05, 0.1) is 18.0 Å². The largest absolute Gasteiger partial charge is 0.395 e. The first-order valence-corrected chi connectivity index (χ1v) is 17.1. The fourth-order valence-corrected chi connectivity index (χ4v) is 8.28. The van der Waals surface area contributed by atoms with Crippen LogP contribution in [0.5, 0.6) is 0 Å². The second-order valence-electron chi connectivity index (χ2n) is 11.0. The number of nitrogens with zero attached hydrogens (tertiary/aromatic N) is 3. The third-order valence-corrected chi connectivity index (χ3v) is 10.5. The van der Waals surface area contributed by atoms with Crippen LogP contribution in [0.1, 0.15) is 23.1 Å². The van der Waals surface area contributed by atoms with E-state index in [2.05, 4.69) is 112 Å². The van der Waals surface area contributed by atoms with Gasteiger partial charge in [-0.25, -0.2) is 0 Å². The number of carbonyl (C=O) groups is 1. The molecule has 4 aromatic carbocycles. The minimum absolute atomic E-state index is 0.0182. The maximum Gasteiger partial charge on any atom is 0.263 e. The molecule has 0 spiro atoms. The number of aliphatic hydroxyl groups is 1. The lowest BCUT2D eigenvalue weighted by Crippen LogP contribution is -2.36. The molecule has 0 atom stereocenters. The average molecular weight is 629 g/mol. The normalized spacial score (nSPS) is 16.3. The molecule has 1 aromatic heterocycles. The van der Waals surface area contributed by atoms with Crippen LogP contribution in [0.4, 0.5) is 11.4 Å². The Morgan fingerprint density at radius 1 is 0.800 bits per heavy atom. The monoisotopic (exact) mass is 628 g/mol. The number of allylic oxidation sites excluding steroid dienone is 3. The molecular formula is C38H34N3O2S2+. The first-order chi connectivity index (χ1) is 22.2. The van der Waals surface area contributed by atoms with Crippen LogP contribution in [0, 0.1) is 0 Å². The summed E-state index contributed by atoms with van der Waals surface area (Å²) in [6.45, 7) is 4.07. The number of β-amino-alcohol motifs (C(OH)–C–C–N with tert-alkyl or cyclic N) is 1. The van der Waals surface area contributed by atoms with Crippen LogP contribution in [0.2, 0.25) is 0 Å². The zero-order chi connectivity index (χ0) is 30.8. The number of para-hydroxylation sites is 3. The molecule has 0 bridgehead atoms. The van der Waals surface area contributed by atoms with E-state index in [9.17, 15) is 9.90 Å². The summed E-state index contributed by atoms with van der Waals surface area (Å²) in [5.41, 5.74) is 7.21. The van der Waals surface area contributed by atoms with Crippen LogP contribution in [0.15, 0.2) is 137 Å². The molecule has 0 saturated carbocycles. The number of rotatable bonds is 10. The number of hydrogen-bond acceptors (Lipinski definition) is 6. The highest BCUT2D eigenvalue weighted by Crippen LogP contribution is 2.46. The van der Waals surface area contributed by atoms with Crippen molar-refractivity contribution in [2.24, 2.45) is 0 Å². The SMILES string of the molecule is CCN1C(=CC2=C(SCc3ccccc3)C(=Cc3sc4ccccc4[n+]3Cc3ccccc3)C2=O)N(CCO)c2ccccc21. The lowest BCUT2D eigenvalue weighted by molar-refractivity contribution is -0.659. The molecule has 0 fully saturated rings. The second-order valence-corrected chi connectivity index (χ2v) is 13.0. The Kier molecular flexibility index (Phi) is 8.39. The highest BCUT2D eigenvalue weighted by atomic mass is 32.2. The minimum Gasteiger partial charge on any atom is -0.395 e. The van der Waals surface area contributed by atoms with Crippen LogP contribution in [-0.2, 0) is 17.1 Å². The van der Waals surface area contributed by atoms with Crippen molar-refractivity contribution >= 4 is 56.5 Å². The predicted octanol–water partition coefficient (Wildman–Crippen LogP) is 7.57. The number of Topliss-reactive ketones (excluding diaryl/α,β-unsaturated/α-hetero) is 1. The highest BCUT2D eigenvalue weighted by molar-refractivity contribution is 8.02. The molecule has 1 aliphatic heterocycles. The summed E-state index contributed by atoms with van der Waals surface area (Å²) in [4.78, 5) is 19.5. The summed E-state index contributed by atoms with van der Waals surface area (Å²) in [6, 6.07) is 37.6. The Labute approximate surface area is 272 Å². The predicted molar refractivity (Wildman–Crippen MR) is 187 cm³/mol. The number of ketones is 1.